The molecule has 0 amide bonds. The molecule has 1 heterocycles. The first kappa shape index (κ1) is 10.7. The van der Waals surface area contributed by atoms with Gasteiger partial charge in [-0.1, -0.05) is 34.1 Å². The number of hydrogen-bond acceptors (Lipinski definition) is 2. The summed E-state index contributed by atoms with van der Waals surface area (Å²) < 4.78 is 12.2. The largest absolute Gasteiger partial charge is 0.486 e. The van der Waals surface area contributed by atoms with Gasteiger partial charge >= 0.3 is 0 Å². The van der Waals surface area contributed by atoms with Gasteiger partial charge in [-0.15, -0.1) is 0 Å². The lowest BCUT2D eigenvalue weighted by molar-refractivity contribution is 0.171. The Bertz CT molecular complexity index is 552. The Hall–Kier alpha value is -1.48. The molecule has 1 aliphatic heterocycles. The van der Waals surface area contributed by atoms with Crippen LogP contribution in [0.2, 0.25) is 0 Å². The van der Waals surface area contributed by atoms with E-state index in [0.29, 0.717) is 13.2 Å². The maximum atomic E-state index is 5.58. The monoisotopic (exact) mass is 290 g/mol. The highest BCUT2D eigenvalue weighted by Crippen LogP contribution is 2.34. The fourth-order valence-corrected chi connectivity index (χ4v) is 2.29. The van der Waals surface area contributed by atoms with E-state index < -0.39 is 0 Å². The molecule has 0 fully saturated rings. The zero-order valence-corrected chi connectivity index (χ0v) is 10.7. The summed E-state index contributed by atoms with van der Waals surface area (Å²) in [5, 5.41) is 0. The highest BCUT2D eigenvalue weighted by molar-refractivity contribution is 9.10. The molecule has 0 unspecified atom stereocenters. The van der Waals surface area contributed by atoms with Crippen LogP contribution >= 0.6 is 15.9 Å². The SMILES string of the molecule is Brc1cccc(-c2ccc3c(c2)OCCO3)c1. The van der Waals surface area contributed by atoms with E-state index in [1.165, 1.54) is 0 Å². The molecule has 0 atom stereocenters. The molecule has 86 valence electrons. The number of ether oxygens (including phenoxy) is 2. The van der Waals surface area contributed by atoms with Gasteiger partial charge in [0.2, 0.25) is 0 Å². The first-order valence-electron chi connectivity index (χ1n) is 5.48. The number of hydrogen-bond donors (Lipinski definition) is 0. The van der Waals surface area contributed by atoms with Crippen LogP contribution in [0.4, 0.5) is 0 Å². The topological polar surface area (TPSA) is 18.5 Å². The molecule has 17 heavy (non-hydrogen) atoms. The smallest absolute Gasteiger partial charge is 0.161 e. The van der Waals surface area contributed by atoms with Gasteiger partial charge in [0.25, 0.3) is 0 Å². The van der Waals surface area contributed by atoms with Crippen LogP contribution in [0.1, 0.15) is 0 Å². The van der Waals surface area contributed by atoms with Gasteiger partial charge in [-0.05, 0) is 35.4 Å². The number of fused-ring (bicyclic) bond motifs is 1. The van der Waals surface area contributed by atoms with E-state index in [-0.39, 0.29) is 0 Å². The van der Waals surface area contributed by atoms with E-state index in [9.17, 15) is 0 Å². The van der Waals surface area contributed by atoms with Crippen LogP contribution in [0, 0.1) is 0 Å². The predicted molar refractivity (Wildman–Crippen MR) is 70.6 cm³/mol. The fourth-order valence-electron chi connectivity index (χ4n) is 1.89. The van der Waals surface area contributed by atoms with E-state index in [2.05, 4.69) is 34.1 Å². The van der Waals surface area contributed by atoms with Gasteiger partial charge in [0, 0.05) is 4.47 Å². The van der Waals surface area contributed by atoms with Crippen molar-refractivity contribution in [1.82, 2.24) is 0 Å². The Morgan fingerprint density at radius 3 is 2.41 bits per heavy atom. The second-order valence-electron chi connectivity index (χ2n) is 3.87. The fraction of sp³-hybridized carbons (Fsp3) is 0.143. The molecule has 0 bridgehead atoms. The van der Waals surface area contributed by atoms with E-state index in [1.807, 2.05) is 24.3 Å². The molecule has 2 aromatic rings. The lowest BCUT2D eigenvalue weighted by Gasteiger charge is -2.18. The third-order valence-electron chi connectivity index (χ3n) is 2.70. The number of halogens is 1. The van der Waals surface area contributed by atoms with Gasteiger partial charge < -0.3 is 9.47 Å². The second kappa shape index (κ2) is 4.41. The molecule has 0 radical (unpaired) electrons. The summed E-state index contributed by atoms with van der Waals surface area (Å²) in [7, 11) is 0. The van der Waals surface area contributed by atoms with Crippen LogP contribution in [0.5, 0.6) is 11.5 Å². The van der Waals surface area contributed by atoms with Crippen molar-refractivity contribution in [3.8, 4) is 22.6 Å². The van der Waals surface area contributed by atoms with Gasteiger partial charge in [-0.3, -0.25) is 0 Å². The van der Waals surface area contributed by atoms with E-state index in [1.54, 1.807) is 0 Å². The Morgan fingerprint density at radius 1 is 0.824 bits per heavy atom. The predicted octanol–water partition coefficient (Wildman–Crippen LogP) is 3.89. The average molecular weight is 291 g/mol. The minimum Gasteiger partial charge on any atom is -0.486 e. The van der Waals surface area contributed by atoms with Crippen molar-refractivity contribution in [3.05, 3.63) is 46.9 Å². The Kier molecular flexibility index (Phi) is 2.77. The van der Waals surface area contributed by atoms with Crippen LogP contribution in [0.15, 0.2) is 46.9 Å². The normalized spacial score (nSPS) is 13.5. The van der Waals surface area contributed by atoms with Gasteiger partial charge in [0.1, 0.15) is 13.2 Å². The maximum Gasteiger partial charge on any atom is 0.161 e. The standard InChI is InChI=1S/C14H11BrO2/c15-12-3-1-2-10(8-12)11-4-5-13-14(9-11)17-7-6-16-13/h1-5,8-9H,6-7H2. The Labute approximate surface area is 108 Å². The maximum absolute atomic E-state index is 5.58. The van der Waals surface area contributed by atoms with E-state index in [4.69, 9.17) is 9.47 Å². The third-order valence-corrected chi connectivity index (χ3v) is 3.19. The van der Waals surface area contributed by atoms with Crippen LogP contribution in [-0.2, 0) is 0 Å². The lowest BCUT2D eigenvalue weighted by Crippen LogP contribution is -2.15. The summed E-state index contributed by atoms with van der Waals surface area (Å²) in [4.78, 5) is 0. The van der Waals surface area contributed by atoms with Gasteiger partial charge in [-0.2, -0.15) is 0 Å². The molecule has 0 aromatic heterocycles. The first-order valence-corrected chi connectivity index (χ1v) is 6.28. The minimum absolute atomic E-state index is 0.620. The van der Waals surface area contributed by atoms with Crippen LogP contribution < -0.4 is 9.47 Å². The molecule has 0 saturated heterocycles. The van der Waals surface area contributed by atoms with E-state index >= 15 is 0 Å². The van der Waals surface area contributed by atoms with Crippen LogP contribution in [0.3, 0.4) is 0 Å². The Balaban J connectivity index is 2.04. The van der Waals surface area contributed by atoms with E-state index in [0.717, 1.165) is 27.1 Å². The molecule has 3 heteroatoms. The number of benzene rings is 2. The summed E-state index contributed by atoms with van der Waals surface area (Å²) in [5.41, 5.74) is 2.30. The van der Waals surface area contributed by atoms with Crippen molar-refractivity contribution in [2.45, 2.75) is 0 Å². The Morgan fingerprint density at radius 2 is 1.59 bits per heavy atom. The van der Waals surface area contributed by atoms with Crippen molar-refractivity contribution in [1.29, 1.82) is 0 Å². The minimum atomic E-state index is 0.620. The molecule has 2 aromatic carbocycles. The lowest BCUT2D eigenvalue weighted by atomic mass is 10.1. The van der Waals surface area contributed by atoms with Crippen molar-refractivity contribution in [3.63, 3.8) is 0 Å². The molecular formula is C14H11BrO2. The third kappa shape index (κ3) is 2.15. The van der Waals surface area contributed by atoms with Gasteiger partial charge in [0.15, 0.2) is 11.5 Å². The molecule has 0 saturated carbocycles. The molecule has 3 rings (SSSR count). The summed E-state index contributed by atoms with van der Waals surface area (Å²) >= 11 is 3.48. The highest BCUT2D eigenvalue weighted by atomic mass is 79.9. The second-order valence-corrected chi connectivity index (χ2v) is 4.78. The molecule has 0 N–H and O–H groups in total. The molecule has 0 spiro atoms. The molecular weight excluding hydrogens is 280 g/mol. The quantitative estimate of drug-likeness (QED) is 0.793. The first-order chi connectivity index (χ1) is 8.33. The van der Waals surface area contributed by atoms with Crippen LogP contribution in [0.25, 0.3) is 11.1 Å². The summed E-state index contributed by atoms with van der Waals surface area (Å²) in [5.74, 6) is 1.66. The van der Waals surface area contributed by atoms with Crippen molar-refractivity contribution in [2.24, 2.45) is 0 Å². The average Bonchev–Trinajstić information content (AvgIpc) is 2.38. The zero-order valence-electron chi connectivity index (χ0n) is 9.15. The summed E-state index contributed by atoms with van der Waals surface area (Å²) in [6, 6.07) is 14.2. The molecule has 1 aliphatic rings. The summed E-state index contributed by atoms with van der Waals surface area (Å²) in [6.45, 7) is 1.25. The van der Waals surface area contributed by atoms with Gasteiger partial charge in [-0.25, -0.2) is 0 Å². The number of rotatable bonds is 1. The molecule has 2 nitrogen and oxygen atoms in total. The van der Waals surface area contributed by atoms with Crippen molar-refractivity contribution >= 4 is 15.9 Å². The summed E-state index contributed by atoms with van der Waals surface area (Å²) in [6.07, 6.45) is 0. The van der Waals surface area contributed by atoms with Crippen molar-refractivity contribution < 1.29 is 9.47 Å². The van der Waals surface area contributed by atoms with Crippen LogP contribution in [-0.4, -0.2) is 13.2 Å². The van der Waals surface area contributed by atoms with Crippen molar-refractivity contribution in [2.75, 3.05) is 13.2 Å². The molecule has 0 aliphatic carbocycles. The zero-order chi connectivity index (χ0) is 11.7. The highest BCUT2D eigenvalue weighted by Gasteiger charge is 2.12. The van der Waals surface area contributed by atoms with Gasteiger partial charge in [0.05, 0.1) is 0 Å².